The van der Waals surface area contributed by atoms with Crippen LogP contribution >= 0.6 is 22.7 Å². The minimum absolute atomic E-state index is 0. The first-order valence-electron chi connectivity index (χ1n) is 18.1. The smallest absolute Gasteiger partial charge is 0.106 e. The summed E-state index contributed by atoms with van der Waals surface area (Å²) in [6.45, 7) is 9.24. The molecule has 0 unspecified atom stereocenters. The van der Waals surface area contributed by atoms with Crippen molar-refractivity contribution in [3.8, 4) is 32.0 Å². The molecule has 50 heavy (non-hydrogen) atoms. The van der Waals surface area contributed by atoms with Crippen LogP contribution in [0.1, 0.15) is 50.7 Å². The average molecular weight is 753 g/mol. The monoisotopic (exact) mass is 751 g/mol. The number of nitrogens with zero attached hydrogens (tertiary/aromatic N) is 1. The van der Waals surface area contributed by atoms with Gasteiger partial charge in [-0.1, -0.05) is 112 Å². The van der Waals surface area contributed by atoms with E-state index in [2.05, 4.69) is 135 Å². The number of hydrogen-bond donors (Lipinski definition) is 0. The molecule has 4 heteroatoms. The van der Waals surface area contributed by atoms with Crippen LogP contribution in [0.25, 0.3) is 73.7 Å². The van der Waals surface area contributed by atoms with E-state index in [4.69, 9.17) is 0 Å². The second kappa shape index (κ2) is 13.7. The molecule has 0 fully saturated rings. The van der Waals surface area contributed by atoms with Gasteiger partial charge in [0, 0.05) is 52.5 Å². The summed E-state index contributed by atoms with van der Waals surface area (Å²) in [5, 5.41) is 8.11. The number of benzene rings is 6. The molecule has 2 aromatic heterocycles. The summed E-state index contributed by atoms with van der Waals surface area (Å²) < 4.78 is 3.83. The van der Waals surface area contributed by atoms with Crippen LogP contribution < -0.4 is 17.0 Å². The van der Waals surface area contributed by atoms with Crippen molar-refractivity contribution in [2.75, 3.05) is 13.1 Å². The van der Waals surface area contributed by atoms with Crippen molar-refractivity contribution in [2.24, 2.45) is 0 Å². The van der Waals surface area contributed by atoms with Gasteiger partial charge in [-0.05, 0) is 81.6 Å². The highest BCUT2D eigenvalue weighted by atomic mass is 79.9. The highest BCUT2D eigenvalue weighted by Gasteiger charge is 2.37. The van der Waals surface area contributed by atoms with Gasteiger partial charge in [-0.3, -0.25) is 0 Å². The molecular formula is C46H42BrNS2. The van der Waals surface area contributed by atoms with Gasteiger partial charge in [-0.25, -0.2) is 0 Å². The summed E-state index contributed by atoms with van der Waals surface area (Å²) in [4.78, 5) is 2.78. The zero-order valence-corrected chi connectivity index (χ0v) is 32.1. The first kappa shape index (κ1) is 33.3. The van der Waals surface area contributed by atoms with E-state index in [1.54, 1.807) is 0 Å². The number of thiophene rings is 2. The molecule has 0 bridgehead atoms. The molecule has 1 nitrogen and oxygen atoms in total. The van der Waals surface area contributed by atoms with Crippen LogP contribution in [0.2, 0.25) is 0 Å². The van der Waals surface area contributed by atoms with Crippen molar-refractivity contribution in [1.29, 1.82) is 0 Å². The van der Waals surface area contributed by atoms with Crippen molar-refractivity contribution < 1.29 is 21.5 Å². The van der Waals surface area contributed by atoms with Gasteiger partial charge in [0.05, 0.1) is 13.1 Å². The van der Waals surface area contributed by atoms with Crippen molar-refractivity contribution in [1.82, 2.24) is 0 Å². The Morgan fingerprint density at radius 3 is 1.32 bits per heavy atom. The van der Waals surface area contributed by atoms with Crippen LogP contribution in [0.5, 0.6) is 0 Å². The predicted molar refractivity (Wildman–Crippen MR) is 216 cm³/mol. The van der Waals surface area contributed by atoms with Gasteiger partial charge in [0.25, 0.3) is 0 Å². The van der Waals surface area contributed by atoms with E-state index in [0.717, 1.165) is 17.6 Å². The lowest BCUT2D eigenvalue weighted by molar-refractivity contribution is -0.953. The van der Waals surface area contributed by atoms with Crippen molar-refractivity contribution >= 4 is 64.4 Å². The van der Waals surface area contributed by atoms with Crippen molar-refractivity contribution in [3.63, 3.8) is 0 Å². The zero-order valence-electron chi connectivity index (χ0n) is 28.8. The van der Waals surface area contributed by atoms with Crippen LogP contribution in [-0.4, -0.2) is 17.6 Å². The third-order valence-electron chi connectivity index (χ3n) is 10.9. The Morgan fingerprint density at radius 2 is 0.900 bits per heavy atom. The fraction of sp³-hybridized carbons (Fsp3) is 0.217. The summed E-state index contributed by atoms with van der Waals surface area (Å²) in [6, 6.07) is 46.2. The second-order valence-electron chi connectivity index (χ2n) is 14.1. The first-order chi connectivity index (χ1) is 24.1. The minimum atomic E-state index is 0. The molecule has 1 aliphatic heterocycles. The molecule has 0 amide bonds. The van der Waals surface area contributed by atoms with E-state index >= 15 is 0 Å². The van der Waals surface area contributed by atoms with Gasteiger partial charge in [0.1, 0.15) is 13.1 Å². The van der Waals surface area contributed by atoms with Gasteiger partial charge in [0.15, 0.2) is 0 Å². The maximum Gasteiger partial charge on any atom is 0.106 e. The first-order valence-corrected chi connectivity index (χ1v) is 19.7. The van der Waals surface area contributed by atoms with Crippen molar-refractivity contribution in [3.05, 3.63) is 132 Å². The maximum atomic E-state index is 2.52. The van der Waals surface area contributed by atoms with Crippen LogP contribution in [0.15, 0.2) is 121 Å². The number of halogens is 1. The lowest BCUT2D eigenvalue weighted by atomic mass is 9.83. The third kappa shape index (κ3) is 5.71. The molecule has 0 saturated carbocycles. The van der Waals surface area contributed by atoms with E-state index in [-0.39, 0.29) is 17.0 Å². The number of quaternary nitrogens is 1. The lowest BCUT2D eigenvalue weighted by Crippen LogP contribution is -3.00. The Kier molecular flexibility index (Phi) is 9.16. The van der Waals surface area contributed by atoms with E-state index < -0.39 is 0 Å². The summed E-state index contributed by atoms with van der Waals surface area (Å²) in [5.74, 6) is 0. The molecule has 9 rings (SSSR count). The molecule has 250 valence electrons. The quantitative estimate of drug-likeness (QED) is 0.136. The molecule has 1 aliphatic rings. The minimum Gasteiger partial charge on any atom is -1.00 e. The molecular weight excluding hydrogens is 711 g/mol. The lowest BCUT2D eigenvalue weighted by Gasteiger charge is -2.39. The van der Waals surface area contributed by atoms with E-state index in [1.165, 1.54) is 124 Å². The van der Waals surface area contributed by atoms with Gasteiger partial charge in [0.2, 0.25) is 0 Å². The van der Waals surface area contributed by atoms with E-state index in [9.17, 15) is 0 Å². The Morgan fingerprint density at radius 1 is 0.500 bits per heavy atom. The van der Waals surface area contributed by atoms with Crippen molar-refractivity contribution in [2.45, 2.75) is 52.6 Å². The standard InChI is InChI=1S/C46H42NS2.BrH/c1-3-5-23-47(24-6-4-2)29-39-37(43-27-33-17-9-13-21-41(33)48-43)25-31-15-7-11-19-35(31)45(39)46-36-20-12-8-16-32(36)26-38(40(46)30-47)44-28-34-18-10-14-22-42(34)49-44;/h7-22,25-28H,3-6,23-24,29-30H2,1-2H3;1H/q+1;/p-1. The second-order valence-corrected chi connectivity index (χ2v) is 16.3. The number of fused-ring (bicyclic) bond motifs is 9. The van der Waals surface area contributed by atoms with Crippen LogP contribution in [0.4, 0.5) is 0 Å². The van der Waals surface area contributed by atoms with E-state index in [1.807, 2.05) is 22.7 Å². The Hall–Kier alpha value is -3.80. The largest absolute Gasteiger partial charge is 1.00 e. The molecule has 6 aromatic carbocycles. The average Bonchev–Trinajstić information content (AvgIpc) is 3.74. The molecule has 0 aliphatic carbocycles. The topological polar surface area (TPSA) is 0 Å². The number of hydrogen-bond acceptors (Lipinski definition) is 2. The zero-order chi connectivity index (χ0) is 33.0. The fourth-order valence-corrected chi connectivity index (χ4v) is 10.7. The molecule has 0 spiro atoms. The number of unbranched alkanes of at least 4 members (excludes halogenated alkanes) is 2. The Labute approximate surface area is 314 Å². The summed E-state index contributed by atoms with van der Waals surface area (Å²) in [7, 11) is 0. The maximum absolute atomic E-state index is 2.52. The molecule has 3 heterocycles. The number of rotatable bonds is 8. The van der Waals surface area contributed by atoms with E-state index in [0.29, 0.717) is 0 Å². The van der Waals surface area contributed by atoms with Gasteiger partial charge in [-0.15, -0.1) is 22.7 Å². The van der Waals surface area contributed by atoms with Crippen LogP contribution in [0, 0.1) is 0 Å². The Bertz CT molecular complexity index is 2260. The highest BCUT2D eigenvalue weighted by Crippen LogP contribution is 2.52. The molecule has 0 N–H and O–H groups in total. The third-order valence-corrected chi connectivity index (χ3v) is 13.2. The summed E-state index contributed by atoms with van der Waals surface area (Å²) >= 11 is 3.91. The van der Waals surface area contributed by atoms with Crippen LogP contribution in [0.3, 0.4) is 0 Å². The SMILES string of the molecule is CCCC[N+]1(CCCC)Cc2c(-c3cc4ccccc4s3)cc3ccccc3c2-c2c(c(-c3cc4ccccc4s3)cc3ccccc23)C1.[Br-]. The molecule has 0 saturated heterocycles. The predicted octanol–water partition coefficient (Wildman–Crippen LogP) is 10.9. The van der Waals surface area contributed by atoms with Crippen LogP contribution in [-0.2, 0) is 13.1 Å². The summed E-state index contributed by atoms with van der Waals surface area (Å²) in [5.41, 5.74) is 8.86. The molecule has 0 radical (unpaired) electrons. The highest BCUT2D eigenvalue weighted by molar-refractivity contribution is 7.22. The fourth-order valence-electron chi connectivity index (χ4n) is 8.49. The van der Waals surface area contributed by atoms with Gasteiger partial charge >= 0.3 is 0 Å². The normalized spacial score (nSPS) is 13.7. The molecule has 0 atom stereocenters. The summed E-state index contributed by atoms with van der Waals surface area (Å²) in [6.07, 6.45) is 4.92. The Balaban J connectivity index is 0.00000361. The molecule has 8 aromatic rings. The van der Waals surface area contributed by atoms with Gasteiger partial charge in [-0.2, -0.15) is 0 Å². The van der Waals surface area contributed by atoms with Gasteiger partial charge < -0.3 is 21.5 Å².